The second-order valence-electron chi connectivity index (χ2n) is 8.00. The molecule has 1 fully saturated rings. The fourth-order valence-electron chi connectivity index (χ4n) is 3.77. The first kappa shape index (κ1) is 25.6. The Balaban J connectivity index is 0.00000363. The topological polar surface area (TPSA) is 97.6 Å². The van der Waals surface area contributed by atoms with Crippen LogP contribution < -0.4 is 4.90 Å². The highest BCUT2D eigenvalue weighted by Gasteiger charge is 2.35. The van der Waals surface area contributed by atoms with Crippen LogP contribution in [-0.2, 0) is 10.0 Å². The second kappa shape index (κ2) is 9.86. The van der Waals surface area contributed by atoms with Crippen molar-refractivity contribution in [2.45, 2.75) is 31.7 Å². The number of piperazine rings is 1. The highest BCUT2D eigenvalue weighted by atomic mass is 35.5. The molecule has 8 nitrogen and oxygen atoms in total. The second-order valence-corrected chi connectivity index (χ2v) is 9.91. The molecule has 1 aromatic heterocycles. The van der Waals surface area contributed by atoms with E-state index in [2.05, 4.69) is 4.98 Å². The molecule has 0 spiro atoms. The number of anilines is 1. The van der Waals surface area contributed by atoms with Gasteiger partial charge in [-0.2, -0.15) is 9.57 Å². The fraction of sp³-hybridized carbons (Fsp3) is 0.409. The van der Waals surface area contributed by atoms with Crippen molar-refractivity contribution < 1.29 is 13.2 Å². The molecule has 1 aliphatic rings. The lowest BCUT2D eigenvalue weighted by Gasteiger charge is -2.39. The molecule has 3 rings (SSSR count). The van der Waals surface area contributed by atoms with Crippen molar-refractivity contribution in [1.82, 2.24) is 14.2 Å². The van der Waals surface area contributed by atoms with Crippen LogP contribution in [-0.4, -0.2) is 68.3 Å². The molecule has 1 aromatic carbocycles. The molecule has 172 valence electrons. The molecule has 0 radical (unpaired) electrons. The van der Waals surface area contributed by atoms with Crippen molar-refractivity contribution in [3.63, 3.8) is 0 Å². The number of aromatic nitrogens is 1. The van der Waals surface area contributed by atoms with Gasteiger partial charge in [-0.15, -0.1) is 12.4 Å². The van der Waals surface area contributed by atoms with Gasteiger partial charge in [-0.3, -0.25) is 4.79 Å². The van der Waals surface area contributed by atoms with Gasteiger partial charge in [0.05, 0.1) is 27.8 Å². The molecule has 2 heterocycles. The fourth-order valence-corrected chi connectivity index (χ4v) is 5.49. The van der Waals surface area contributed by atoms with Gasteiger partial charge in [-0.1, -0.05) is 0 Å². The summed E-state index contributed by atoms with van der Waals surface area (Å²) >= 11 is 0. The number of carbonyl (C=O) groups is 1. The number of rotatable bonds is 4. The number of carbonyl (C=O) groups excluding carboxylic acids is 1. The molecule has 1 atom stereocenters. The lowest BCUT2D eigenvalue weighted by Crippen LogP contribution is -2.55. The normalized spacial score (nSPS) is 16.8. The number of aryl methyl sites for hydroxylation is 2. The maximum Gasteiger partial charge on any atom is 0.256 e. The molecule has 1 amide bonds. The zero-order chi connectivity index (χ0) is 22.9. The SMILES string of the molecule is Cc1cc(C#N)ccc1S(=O)(=O)N1CCN(C(=O)c2ccc(N(C)C)nc2C)[C@@H](C)C1.Cl. The Morgan fingerprint density at radius 2 is 1.88 bits per heavy atom. The minimum atomic E-state index is -3.72. The summed E-state index contributed by atoms with van der Waals surface area (Å²) in [5.41, 5.74) is 2.13. The molecular weight excluding hydrogens is 450 g/mol. The summed E-state index contributed by atoms with van der Waals surface area (Å²) < 4.78 is 27.8. The van der Waals surface area contributed by atoms with Gasteiger partial charge in [0.25, 0.3) is 5.91 Å². The van der Waals surface area contributed by atoms with Crippen LogP contribution in [0.25, 0.3) is 0 Å². The van der Waals surface area contributed by atoms with Crippen LogP contribution in [0.15, 0.2) is 35.2 Å². The summed E-state index contributed by atoms with van der Waals surface area (Å²) in [5, 5.41) is 9.02. The summed E-state index contributed by atoms with van der Waals surface area (Å²) in [6, 6.07) is 9.87. The number of benzene rings is 1. The zero-order valence-corrected chi connectivity index (χ0v) is 20.5. The van der Waals surface area contributed by atoms with E-state index >= 15 is 0 Å². The quantitative estimate of drug-likeness (QED) is 0.671. The number of hydrogen-bond donors (Lipinski definition) is 0. The van der Waals surface area contributed by atoms with E-state index in [0.29, 0.717) is 28.9 Å². The summed E-state index contributed by atoms with van der Waals surface area (Å²) in [5.74, 6) is 0.630. The van der Waals surface area contributed by atoms with Crippen molar-refractivity contribution in [2.75, 3.05) is 38.6 Å². The molecule has 0 saturated carbocycles. The maximum absolute atomic E-state index is 13.2. The first-order valence-electron chi connectivity index (χ1n) is 10.0. The van der Waals surface area contributed by atoms with Crippen LogP contribution in [0.5, 0.6) is 0 Å². The average molecular weight is 478 g/mol. The molecule has 1 aliphatic heterocycles. The number of hydrogen-bond acceptors (Lipinski definition) is 6. The Labute approximate surface area is 195 Å². The van der Waals surface area contributed by atoms with E-state index in [1.165, 1.54) is 16.4 Å². The number of sulfonamides is 1. The summed E-state index contributed by atoms with van der Waals surface area (Å²) in [4.78, 5) is 21.4. The van der Waals surface area contributed by atoms with E-state index in [0.717, 1.165) is 5.82 Å². The molecule has 1 saturated heterocycles. The molecular formula is C22H28ClN5O3S. The van der Waals surface area contributed by atoms with Gasteiger partial charge in [0.1, 0.15) is 5.82 Å². The number of pyridine rings is 1. The van der Waals surface area contributed by atoms with Gasteiger partial charge < -0.3 is 9.80 Å². The Morgan fingerprint density at radius 1 is 1.19 bits per heavy atom. The summed E-state index contributed by atoms with van der Waals surface area (Å²) in [6.45, 7) is 6.05. The van der Waals surface area contributed by atoms with E-state index in [1.807, 2.05) is 32.0 Å². The standard InChI is InChI=1S/C22H27N5O3S.ClH/c1-15-12-18(13-23)6-8-20(15)31(29,30)26-10-11-27(16(2)14-26)22(28)19-7-9-21(25(4)5)24-17(19)3;/h6-9,12,16H,10-11,14H2,1-5H3;1H/t16-;/m0./s1. The van der Waals surface area contributed by atoms with Gasteiger partial charge in [-0.05, 0) is 56.7 Å². The van der Waals surface area contributed by atoms with Gasteiger partial charge in [-0.25, -0.2) is 13.4 Å². The van der Waals surface area contributed by atoms with Crippen LogP contribution >= 0.6 is 12.4 Å². The van der Waals surface area contributed by atoms with Gasteiger partial charge in [0.15, 0.2) is 0 Å². The number of amides is 1. The first-order chi connectivity index (χ1) is 14.6. The van der Waals surface area contributed by atoms with Crippen molar-refractivity contribution in [3.05, 3.63) is 52.7 Å². The van der Waals surface area contributed by atoms with Crippen LogP contribution in [0.3, 0.4) is 0 Å². The third-order valence-corrected chi connectivity index (χ3v) is 7.56. The molecule has 0 N–H and O–H groups in total. The minimum Gasteiger partial charge on any atom is -0.363 e. The first-order valence-corrected chi connectivity index (χ1v) is 11.5. The third kappa shape index (κ3) is 4.88. The predicted molar refractivity (Wildman–Crippen MR) is 126 cm³/mol. The van der Waals surface area contributed by atoms with Crippen LogP contribution in [0.2, 0.25) is 0 Å². The molecule has 10 heteroatoms. The zero-order valence-electron chi connectivity index (χ0n) is 18.9. The van der Waals surface area contributed by atoms with Crippen molar-refractivity contribution in [1.29, 1.82) is 5.26 Å². The minimum absolute atomic E-state index is 0. The summed E-state index contributed by atoms with van der Waals surface area (Å²) in [7, 11) is 0.0593. The molecule has 32 heavy (non-hydrogen) atoms. The van der Waals surface area contributed by atoms with Gasteiger partial charge >= 0.3 is 0 Å². The van der Waals surface area contributed by atoms with Crippen molar-refractivity contribution >= 4 is 34.2 Å². The van der Waals surface area contributed by atoms with E-state index in [9.17, 15) is 13.2 Å². The third-order valence-electron chi connectivity index (χ3n) is 5.53. The lowest BCUT2D eigenvalue weighted by molar-refractivity contribution is 0.0590. The molecule has 0 bridgehead atoms. The number of halogens is 1. The highest BCUT2D eigenvalue weighted by Crippen LogP contribution is 2.25. The Bertz CT molecular complexity index is 1160. The largest absolute Gasteiger partial charge is 0.363 e. The molecule has 0 unspecified atom stereocenters. The smallest absolute Gasteiger partial charge is 0.256 e. The maximum atomic E-state index is 13.2. The van der Waals surface area contributed by atoms with Gasteiger partial charge in [0, 0.05) is 39.8 Å². The van der Waals surface area contributed by atoms with E-state index < -0.39 is 10.0 Å². The van der Waals surface area contributed by atoms with Crippen LogP contribution in [0.1, 0.15) is 34.1 Å². The molecule has 0 aliphatic carbocycles. The van der Waals surface area contributed by atoms with Crippen molar-refractivity contribution in [2.24, 2.45) is 0 Å². The average Bonchev–Trinajstić information content (AvgIpc) is 2.72. The van der Waals surface area contributed by atoms with Gasteiger partial charge in [0.2, 0.25) is 10.0 Å². The Hall–Kier alpha value is -2.67. The Kier molecular flexibility index (Phi) is 7.88. The van der Waals surface area contributed by atoms with Crippen molar-refractivity contribution in [3.8, 4) is 6.07 Å². The van der Waals surface area contributed by atoms with Crippen LogP contribution in [0, 0.1) is 25.2 Å². The highest BCUT2D eigenvalue weighted by molar-refractivity contribution is 7.89. The molecule has 2 aromatic rings. The number of nitriles is 1. The van der Waals surface area contributed by atoms with E-state index in [1.54, 1.807) is 36.9 Å². The van der Waals surface area contributed by atoms with E-state index in [-0.39, 0.29) is 42.3 Å². The number of nitrogens with zero attached hydrogens (tertiary/aromatic N) is 5. The predicted octanol–water partition coefficient (Wildman–Crippen LogP) is 2.59. The van der Waals surface area contributed by atoms with Crippen LogP contribution in [0.4, 0.5) is 5.82 Å². The Morgan fingerprint density at radius 3 is 2.41 bits per heavy atom. The van der Waals surface area contributed by atoms with E-state index in [4.69, 9.17) is 5.26 Å². The monoisotopic (exact) mass is 477 g/mol. The lowest BCUT2D eigenvalue weighted by atomic mass is 10.1. The summed E-state index contributed by atoms with van der Waals surface area (Å²) in [6.07, 6.45) is 0.